The average Bonchev–Trinajstić information content (AvgIpc) is 2.70. The van der Waals surface area contributed by atoms with Gasteiger partial charge in [0.2, 0.25) is 0 Å². The number of nitrogens with zero attached hydrogens (tertiary/aromatic N) is 1. The van der Waals surface area contributed by atoms with Gasteiger partial charge >= 0.3 is 0 Å². The Bertz CT molecular complexity index is 835. The Hall–Kier alpha value is -1.80. The monoisotopic (exact) mass is 443 g/mol. The number of hydrogen-bond acceptors (Lipinski definition) is 3. The smallest absolute Gasteiger partial charge is 0.192 e. The summed E-state index contributed by atoms with van der Waals surface area (Å²) >= 11 is 6.06. The van der Waals surface area contributed by atoms with Crippen LogP contribution in [0, 0.1) is 18.3 Å². The Kier molecular flexibility index (Phi) is 8.55. The molecule has 0 saturated heterocycles. The maximum atomic E-state index is 6.97. The Morgan fingerprint density at radius 3 is 2.30 bits per heavy atom. The zero-order valence-electron chi connectivity index (χ0n) is 19.0. The van der Waals surface area contributed by atoms with Gasteiger partial charge in [0.05, 0.1) is 13.2 Å². The highest BCUT2D eigenvalue weighted by Crippen LogP contribution is 2.43. The summed E-state index contributed by atoms with van der Waals surface area (Å²) in [7, 11) is -0.349. The van der Waals surface area contributed by atoms with E-state index in [-0.39, 0.29) is 17.1 Å². The highest BCUT2D eigenvalue weighted by atomic mass is 35.5. The summed E-state index contributed by atoms with van der Waals surface area (Å²) in [4.78, 5) is 4.33. The molecule has 0 N–H and O–H groups in total. The van der Waals surface area contributed by atoms with Crippen LogP contribution >= 0.6 is 11.6 Å². The van der Waals surface area contributed by atoms with E-state index in [0.717, 1.165) is 24.2 Å². The summed E-state index contributed by atoms with van der Waals surface area (Å²) < 4.78 is 12.3. The molecule has 0 aliphatic rings. The molecule has 162 valence electrons. The molecular formula is C25H34ClNO2Si. The predicted octanol–water partition coefficient (Wildman–Crippen LogP) is 7.08. The van der Waals surface area contributed by atoms with Gasteiger partial charge in [-0.1, -0.05) is 50.6 Å². The summed E-state index contributed by atoms with van der Waals surface area (Å²) in [6.07, 6.45) is 9.84. The van der Waals surface area contributed by atoms with Crippen LogP contribution in [0.1, 0.15) is 50.8 Å². The quantitative estimate of drug-likeness (QED) is 0.235. The second-order valence-electron chi connectivity index (χ2n) is 9.27. The van der Waals surface area contributed by atoms with E-state index in [1.165, 1.54) is 5.56 Å². The van der Waals surface area contributed by atoms with Crippen LogP contribution in [0.3, 0.4) is 0 Å². The molecule has 5 heteroatoms. The van der Waals surface area contributed by atoms with Crippen molar-refractivity contribution in [1.29, 1.82) is 0 Å². The van der Waals surface area contributed by atoms with Gasteiger partial charge in [-0.3, -0.25) is 0 Å². The highest BCUT2D eigenvalue weighted by molar-refractivity contribution is 6.74. The van der Waals surface area contributed by atoms with Crippen molar-refractivity contribution >= 4 is 19.9 Å². The topological polar surface area (TPSA) is 31.4 Å². The number of halogens is 1. The second-order valence-corrected chi connectivity index (χ2v) is 14.4. The summed E-state index contributed by atoms with van der Waals surface area (Å²) in [5.41, 5.74) is 2.29. The molecule has 3 nitrogen and oxygen atoms in total. The van der Waals surface area contributed by atoms with Crippen molar-refractivity contribution < 1.29 is 9.16 Å². The fourth-order valence-corrected chi connectivity index (χ4v) is 4.61. The standard InChI is InChI=1S/C25H34ClNO2Si/c1-8-9-10-20(17-19-11-14-22(28-5)15-12-19)24(21-13-16-23(26)27-18-21)29-30(6,7)25(2,3)4/h1,11-16,18,20,24H,9-10,17H2,2-7H3/t20?,24-/m1/s1. The van der Waals surface area contributed by atoms with Crippen molar-refractivity contribution in [1.82, 2.24) is 4.98 Å². The largest absolute Gasteiger partial charge is 0.497 e. The van der Waals surface area contributed by atoms with Crippen LogP contribution in [0.25, 0.3) is 0 Å². The van der Waals surface area contributed by atoms with Gasteiger partial charge in [-0.2, -0.15) is 0 Å². The minimum absolute atomic E-state index is 0.0916. The minimum atomic E-state index is -2.03. The van der Waals surface area contributed by atoms with Gasteiger partial charge in [-0.25, -0.2) is 4.98 Å². The average molecular weight is 444 g/mol. The van der Waals surface area contributed by atoms with E-state index < -0.39 is 8.32 Å². The van der Waals surface area contributed by atoms with Crippen LogP contribution in [0.4, 0.5) is 0 Å². The molecule has 2 atom stereocenters. The molecule has 0 bridgehead atoms. The molecule has 0 aliphatic carbocycles. The van der Waals surface area contributed by atoms with Crippen LogP contribution in [0.15, 0.2) is 42.6 Å². The molecular weight excluding hydrogens is 410 g/mol. The molecule has 1 unspecified atom stereocenters. The molecule has 0 saturated carbocycles. The predicted molar refractivity (Wildman–Crippen MR) is 129 cm³/mol. The van der Waals surface area contributed by atoms with Gasteiger partial charge in [-0.05, 0) is 66.2 Å². The molecule has 1 heterocycles. The maximum absolute atomic E-state index is 6.97. The lowest BCUT2D eigenvalue weighted by Crippen LogP contribution is -2.43. The molecule has 30 heavy (non-hydrogen) atoms. The van der Waals surface area contributed by atoms with E-state index in [4.69, 9.17) is 27.2 Å². The van der Waals surface area contributed by atoms with Gasteiger partial charge in [-0.15, -0.1) is 12.3 Å². The van der Waals surface area contributed by atoms with Crippen LogP contribution in [0.2, 0.25) is 23.3 Å². The number of benzene rings is 1. The zero-order chi connectivity index (χ0) is 22.4. The highest BCUT2D eigenvalue weighted by Gasteiger charge is 2.41. The van der Waals surface area contributed by atoms with Crippen LogP contribution in [-0.4, -0.2) is 20.4 Å². The summed E-state index contributed by atoms with van der Waals surface area (Å²) in [6.45, 7) is 11.4. The fraction of sp³-hybridized carbons (Fsp3) is 0.480. The first-order valence-corrected chi connectivity index (χ1v) is 13.7. The molecule has 0 spiro atoms. The lowest BCUT2D eigenvalue weighted by Gasteiger charge is -2.41. The normalized spacial score (nSPS) is 14.1. The second kappa shape index (κ2) is 10.5. The summed E-state index contributed by atoms with van der Waals surface area (Å²) in [6, 6.07) is 12.1. The molecule has 0 aliphatic heterocycles. The molecule has 0 radical (unpaired) electrons. The fourth-order valence-electron chi connectivity index (χ4n) is 3.18. The minimum Gasteiger partial charge on any atom is -0.497 e. The first-order chi connectivity index (χ1) is 14.1. The van der Waals surface area contributed by atoms with Crippen molar-refractivity contribution in [2.24, 2.45) is 5.92 Å². The summed E-state index contributed by atoms with van der Waals surface area (Å²) in [5.74, 6) is 3.89. The van der Waals surface area contributed by atoms with Gasteiger partial charge in [0.1, 0.15) is 10.9 Å². The third kappa shape index (κ3) is 6.60. The number of methoxy groups -OCH3 is 1. The van der Waals surface area contributed by atoms with Gasteiger partial charge in [0.15, 0.2) is 8.32 Å². The number of hydrogen-bond donors (Lipinski definition) is 0. The number of pyridine rings is 1. The number of aromatic nitrogens is 1. The number of terminal acetylenes is 1. The first kappa shape index (κ1) is 24.5. The van der Waals surface area contributed by atoms with E-state index in [1.54, 1.807) is 7.11 Å². The third-order valence-electron chi connectivity index (χ3n) is 6.05. The van der Waals surface area contributed by atoms with Crippen molar-refractivity contribution in [3.63, 3.8) is 0 Å². The Labute approximate surface area is 188 Å². The first-order valence-electron chi connectivity index (χ1n) is 10.4. The molecule has 0 fully saturated rings. The molecule has 1 aromatic carbocycles. The van der Waals surface area contributed by atoms with Crippen molar-refractivity contribution in [3.05, 3.63) is 58.9 Å². The van der Waals surface area contributed by atoms with E-state index in [1.807, 2.05) is 30.5 Å². The molecule has 2 aromatic rings. The Balaban J connectivity index is 2.42. The van der Waals surface area contributed by atoms with Crippen molar-refractivity contribution in [2.45, 2.75) is 64.3 Å². The van der Waals surface area contributed by atoms with Crippen LogP contribution < -0.4 is 4.74 Å². The van der Waals surface area contributed by atoms with E-state index in [0.29, 0.717) is 11.6 Å². The zero-order valence-corrected chi connectivity index (χ0v) is 20.8. The number of ether oxygens (including phenoxy) is 1. The van der Waals surface area contributed by atoms with E-state index >= 15 is 0 Å². The van der Waals surface area contributed by atoms with Crippen LogP contribution in [-0.2, 0) is 10.8 Å². The lowest BCUT2D eigenvalue weighted by molar-refractivity contribution is 0.112. The van der Waals surface area contributed by atoms with Gasteiger partial charge < -0.3 is 9.16 Å². The van der Waals surface area contributed by atoms with Crippen LogP contribution in [0.5, 0.6) is 5.75 Å². The Morgan fingerprint density at radius 2 is 1.80 bits per heavy atom. The van der Waals surface area contributed by atoms with Gasteiger partial charge in [0.25, 0.3) is 0 Å². The SMILES string of the molecule is C#CCCC(Cc1ccc(OC)cc1)[C@@H](O[Si](C)(C)C(C)(C)C)c1ccc(Cl)nc1. The Morgan fingerprint density at radius 1 is 1.13 bits per heavy atom. The number of rotatable bonds is 9. The third-order valence-corrected chi connectivity index (χ3v) is 10.7. The molecule has 2 rings (SSSR count). The molecule has 0 amide bonds. The maximum Gasteiger partial charge on any atom is 0.192 e. The summed E-state index contributed by atoms with van der Waals surface area (Å²) in [5, 5.41) is 0.585. The van der Waals surface area contributed by atoms with Crippen molar-refractivity contribution in [2.75, 3.05) is 7.11 Å². The van der Waals surface area contributed by atoms with E-state index in [2.05, 4.69) is 56.9 Å². The molecule has 1 aromatic heterocycles. The van der Waals surface area contributed by atoms with Crippen molar-refractivity contribution in [3.8, 4) is 18.1 Å². The van der Waals surface area contributed by atoms with E-state index in [9.17, 15) is 0 Å². The van der Waals surface area contributed by atoms with Gasteiger partial charge in [0, 0.05) is 12.6 Å². The lowest BCUT2D eigenvalue weighted by atomic mass is 9.87.